The first-order valence-corrected chi connectivity index (χ1v) is 22.1. The van der Waals surface area contributed by atoms with Crippen LogP contribution in [0.5, 0.6) is 5.75 Å². The number of hydrogen-bond donors (Lipinski definition) is 2. The summed E-state index contributed by atoms with van der Waals surface area (Å²) in [5, 5.41) is 12.3. The van der Waals surface area contributed by atoms with Gasteiger partial charge in [0.1, 0.15) is 5.75 Å². The lowest BCUT2D eigenvalue weighted by molar-refractivity contribution is -0.138. The van der Waals surface area contributed by atoms with E-state index >= 15 is 0 Å². The average molecular weight is 906 g/mol. The SMILES string of the molecule is C=C/C=C\C(=C/C)[C@](NCCOCCOCCOCCOCCOCCOCCOCCOCCOCCOCCOCCOCCC(=O)O)(c1ccccc1)c1ccc(OC)cc1. The van der Waals surface area contributed by atoms with Crippen LogP contribution in [-0.2, 0) is 67.2 Å². The van der Waals surface area contributed by atoms with Crippen LogP contribution in [-0.4, -0.2) is 183 Å². The molecular weight excluding hydrogens is 831 g/mol. The predicted octanol–water partition coefficient (Wildman–Crippen LogP) is 4.89. The van der Waals surface area contributed by atoms with Crippen molar-refractivity contribution in [2.75, 3.05) is 172 Å². The van der Waals surface area contributed by atoms with Crippen molar-refractivity contribution in [3.63, 3.8) is 0 Å². The van der Waals surface area contributed by atoms with Gasteiger partial charge in [0.25, 0.3) is 0 Å². The summed E-state index contributed by atoms with van der Waals surface area (Å²) < 4.78 is 71.6. The molecule has 64 heavy (non-hydrogen) atoms. The highest BCUT2D eigenvalue weighted by Gasteiger charge is 2.36. The summed E-state index contributed by atoms with van der Waals surface area (Å²) in [6.45, 7) is 17.5. The molecule has 16 heteroatoms. The van der Waals surface area contributed by atoms with Gasteiger partial charge >= 0.3 is 5.97 Å². The minimum Gasteiger partial charge on any atom is -0.497 e. The molecule has 0 aromatic heterocycles. The molecule has 2 aromatic carbocycles. The van der Waals surface area contributed by atoms with Gasteiger partial charge in [-0.2, -0.15) is 0 Å². The van der Waals surface area contributed by atoms with Crippen molar-refractivity contribution in [3.8, 4) is 5.75 Å². The summed E-state index contributed by atoms with van der Waals surface area (Å²) in [5.74, 6) is -0.0780. The molecule has 0 heterocycles. The molecule has 2 rings (SSSR count). The average Bonchev–Trinajstić information content (AvgIpc) is 3.32. The van der Waals surface area contributed by atoms with E-state index in [2.05, 4.69) is 60.4 Å². The molecule has 0 amide bonds. The first-order valence-electron chi connectivity index (χ1n) is 22.1. The minimum absolute atomic E-state index is 0.00724. The summed E-state index contributed by atoms with van der Waals surface area (Å²) in [6.07, 6.45) is 7.95. The van der Waals surface area contributed by atoms with E-state index in [1.165, 1.54) is 0 Å². The molecule has 0 aliphatic heterocycles. The fourth-order valence-corrected chi connectivity index (χ4v) is 5.94. The van der Waals surface area contributed by atoms with Crippen LogP contribution in [0.1, 0.15) is 24.5 Å². The first kappa shape index (κ1) is 56.5. The van der Waals surface area contributed by atoms with Gasteiger partial charge in [-0.15, -0.1) is 0 Å². The molecule has 16 nitrogen and oxygen atoms in total. The number of nitrogens with one attached hydrogen (secondary N) is 1. The molecule has 362 valence electrons. The maximum atomic E-state index is 10.4. The molecule has 0 aliphatic carbocycles. The molecule has 2 aromatic rings. The van der Waals surface area contributed by atoms with Crippen LogP contribution >= 0.6 is 0 Å². The van der Waals surface area contributed by atoms with Gasteiger partial charge < -0.3 is 66.7 Å². The van der Waals surface area contributed by atoms with Gasteiger partial charge in [-0.1, -0.05) is 73.3 Å². The second-order valence-corrected chi connectivity index (χ2v) is 13.6. The third-order valence-electron chi connectivity index (χ3n) is 9.07. The highest BCUT2D eigenvalue weighted by Crippen LogP contribution is 2.38. The largest absolute Gasteiger partial charge is 0.497 e. The summed E-state index contributed by atoms with van der Waals surface area (Å²) in [4.78, 5) is 10.4. The summed E-state index contributed by atoms with van der Waals surface area (Å²) >= 11 is 0. The Morgan fingerprint density at radius 2 is 0.875 bits per heavy atom. The number of ether oxygens (including phenoxy) is 13. The van der Waals surface area contributed by atoms with E-state index in [0.717, 1.165) is 22.4 Å². The molecule has 0 saturated carbocycles. The van der Waals surface area contributed by atoms with E-state index in [0.29, 0.717) is 159 Å². The fraction of sp³-hybridized carbons (Fsp3) is 0.604. The monoisotopic (exact) mass is 906 g/mol. The molecule has 0 fully saturated rings. The van der Waals surface area contributed by atoms with Crippen LogP contribution in [0.15, 0.2) is 91.1 Å². The summed E-state index contributed by atoms with van der Waals surface area (Å²) in [7, 11) is 1.67. The summed E-state index contributed by atoms with van der Waals surface area (Å²) in [5.41, 5.74) is 2.66. The number of hydrogen-bond acceptors (Lipinski definition) is 15. The Labute approximate surface area is 381 Å². The molecule has 0 spiro atoms. The Balaban J connectivity index is 1.35. The highest BCUT2D eigenvalue weighted by molar-refractivity contribution is 5.66. The van der Waals surface area contributed by atoms with Crippen molar-refractivity contribution >= 4 is 5.97 Å². The lowest BCUT2D eigenvalue weighted by atomic mass is 9.76. The third kappa shape index (κ3) is 27.7. The van der Waals surface area contributed by atoms with Gasteiger partial charge in [-0.25, -0.2) is 0 Å². The number of benzene rings is 2. The van der Waals surface area contributed by atoms with Crippen LogP contribution in [0.4, 0.5) is 0 Å². The third-order valence-corrected chi connectivity index (χ3v) is 9.07. The molecule has 0 aliphatic rings. The van der Waals surface area contributed by atoms with E-state index in [1.807, 2.05) is 31.2 Å². The molecule has 1 atom stereocenters. The van der Waals surface area contributed by atoms with Crippen LogP contribution in [0.25, 0.3) is 0 Å². The smallest absolute Gasteiger partial charge is 0.305 e. The Hall–Kier alpha value is -3.59. The molecule has 0 saturated heterocycles. The number of carbonyl (C=O) groups is 1. The van der Waals surface area contributed by atoms with Gasteiger partial charge in [0.05, 0.1) is 178 Å². The van der Waals surface area contributed by atoms with Crippen molar-refractivity contribution in [3.05, 3.63) is 102 Å². The topological polar surface area (TPSA) is 169 Å². The highest BCUT2D eigenvalue weighted by atomic mass is 16.6. The van der Waals surface area contributed by atoms with Crippen molar-refractivity contribution < 1.29 is 71.5 Å². The van der Waals surface area contributed by atoms with Crippen LogP contribution in [0.2, 0.25) is 0 Å². The molecule has 2 N–H and O–H groups in total. The molecule has 0 bridgehead atoms. The van der Waals surface area contributed by atoms with E-state index in [9.17, 15) is 4.79 Å². The summed E-state index contributed by atoms with van der Waals surface area (Å²) in [6, 6.07) is 18.6. The van der Waals surface area contributed by atoms with Gasteiger partial charge in [0, 0.05) is 6.54 Å². The quantitative estimate of drug-likeness (QED) is 0.0680. The van der Waals surface area contributed by atoms with E-state index in [-0.39, 0.29) is 13.0 Å². The molecule has 0 radical (unpaired) electrons. The maximum Gasteiger partial charge on any atom is 0.305 e. The number of carboxylic acids is 1. The van der Waals surface area contributed by atoms with Crippen LogP contribution in [0, 0.1) is 0 Å². The normalized spacial score (nSPS) is 12.8. The van der Waals surface area contributed by atoms with Gasteiger partial charge in [-0.05, 0) is 35.8 Å². The van der Waals surface area contributed by atoms with Crippen molar-refractivity contribution in [1.29, 1.82) is 0 Å². The lowest BCUT2D eigenvalue weighted by Gasteiger charge is -2.38. The first-order chi connectivity index (χ1) is 31.6. The van der Waals surface area contributed by atoms with E-state index in [1.54, 1.807) is 13.2 Å². The standard InChI is InChI=1S/C48H75NO15/c1-4-6-10-43(5-2)48(44-11-8-7-9-12-44,45-13-15-46(52-3)16-14-45)49-18-20-54-22-24-56-26-28-58-30-32-60-34-36-62-38-40-64-42-41-63-39-37-61-35-33-59-31-29-57-27-25-55-23-21-53-19-17-47(50)51/h4-16,49H,1,17-42H2,2-3H3,(H,50,51)/b10-6-,43-5+/t48-/m0/s1. The van der Waals surface area contributed by atoms with Gasteiger partial charge in [0.2, 0.25) is 0 Å². The number of aliphatic carboxylic acids is 1. The Morgan fingerprint density at radius 1 is 0.531 bits per heavy atom. The van der Waals surface area contributed by atoms with Gasteiger partial charge in [0.15, 0.2) is 0 Å². The number of carboxylic acid groups (broad SMARTS) is 1. The lowest BCUT2D eigenvalue weighted by Crippen LogP contribution is -2.46. The fourth-order valence-electron chi connectivity index (χ4n) is 5.94. The Kier molecular flexibility index (Phi) is 36.1. The zero-order valence-electron chi connectivity index (χ0n) is 38.3. The predicted molar refractivity (Wildman–Crippen MR) is 243 cm³/mol. The Morgan fingerprint density at radius 3 is 1.20 bits per heavy atom. The van der Waals surface area contributed by atoms with Crippen LogP contribution < -0.4 is 10.1 Å². The number of allylic oxidation sites excluding steroid dienone is 3. The van der Waals surface area contributed by atoms with Crippen LogP contribution in [0.3, 0.4) is 0 Å². The molecular formula is C48H75NO15. The zero-order chi connectivity index (χ0) is 45.9. The number of methoxy groups -OCH3 is 1. The second kappa shape index (κ2) is 40.9. The van der Waals surface area contributed by atoms with E-state index < -0.39 is 11.5 Å². The van der Waals surface area contributed by atoms with Crippen molar-refractivity contribution in [1.82, 2.24) is 5.32 Å². The van der Waals surface area contributed by atoms with E-state index in [4.69, 9.17) is 66.7 Å². The zero-order valence-corrected chi connectivity index (χ0v) is 38.3. The second-order valence-electron chi connectivity index (χ2n) is 13.6. The molecule has 0 unspecified atom stereocenters. The minimum atomic E-state index is -0.877. The van der Waals surface area contributed by atoms with Crippen molar-refractivity contribution in [2.45, 2.75) is 18.9 Å². The number of rotatable bonds is 46. The van der Waals surface area contributed by atoms with Gasteiger partial charge in [-0.3, -0.25) is 10.1 Å². The maximum absolute atomic E-state index is 10.4. The van der Waals surface area contributed by atoms with Crippen molar-refractivity contribution in [2.24, 2.45) is 0 Å². The Bertz CT molecular complexity index is 1450.